The molecule has 0 spiro atoms. The molecule has 1 aliphatic heterocycles. The zero-order chi connectivity index (χ0) is 16.7. The molecule has 0 aliphatic carbocycles. The van der Waals surface area contributed by atoms with Crippen LogP contribution in [0.25, 0.3) is 22.1 Å². The highest BCUT2D eigenvalue weighted by Crippen LogP contribution is 2.30. The van der Waals surface area contributed by atoms with E-state index in [2.05, 4.69) is 17.0 Å². The summed E-state index contributed by atoms with van der Waals surface area (Å²) in [7, 11) is 0. The van der Waals surface area contributed by atoms with E-state index in [4.69, 9.17) is 9.68 Å². The summed E-state index contributed by atoms with van der Waals surface area (Å²) in [5.41, 5.74) is 4.19. The van der Waals surface area contributed by atoms with E-state index in [1.807, 2.05) is 19.1 Å². The maximum absolute atomic E-state index is 12.5. The number of hydrogen-bond acceptors (Lipinski definition) is 4. The molecule has 118 valence electrons. The summed E-state index contributed by atoms with van der Waals surface area (Å²) in [5.74, 6) is 0. The molecular formula is C20H16N2O2. The van der Waals surface area contributed by atoms with Crippen molar-refractivity contribution in [2.24, 2.45) is 0 Å². The van der Waals surface area contributed by atoms with E-state index in [1.165, 1.54) is 6.42 Å². The Morgan fingerprint density at radius 2 is 1.88 bits per heavy atom. The second-order valence-electron chi connectivity index (χ2n) is 6.10. The van der Waals surface area contributed by atoms with Gasteiger partial charge >= 0.3 is 5.63 Å². The zero-order valence-corrected chi connectivity index (χ0v) is 13.4. The number of benzene rings is 2. The fourth-order valence-electron chi connectivity index (χ4n) is 3.16. The van der Waals surface area contributed by atoms with Crippen LogP contribution in [0, 0.1) is 18.3 Å². The highest BCUT2D eigenvalue weighted by atomic mass is 16.4. The first-order chi connectivity index (χ1) is 11.7. The Hall–Kier alpha value is -3.06. The molecule has 2 aromatic carbocycles. The average molecular weight is 316 g/mol. The number of anilines is 1. The molecule has 1 aromatic heterocycles. The van der Waals surface area contributed by atoms with Crippen molar-refractivity contribution in [3.8, 4) is 17.2 Å². The minimum Gasteiger partial charge on any atom is -0.422 e. The van der Waals surface area contributed by atoms with Crippen molar-refractivity contribution < 1.29 is 4.42 Å². The first kappa shape index (κ1) is 14.5. The second-order valence-corrected chi connectivity index (χ2v) is 6.10. The molecule has 0 radical (unpaired) electrons. The number of aryl methyl sites for hydroxylation is 1. The van der Waals surface area contributed by atoms with Crippen LogP contribution in [0.15, 0.2) is 51.7 Å². The molecule has 0 N–H and O–H groups in total. The van der Waals surface area contributed by atoms with Gasteiger partial charge in [-0.15, -0.1) is 0 Å². The van der Waals surface area contributed by atoms with E-state index in [0.717, 1.165) is 35.3 Å². The van der Waals surface area contributed by atoms with Gasteiger partial charge in [-0.25, -0.2) is 4.79 Å². The molecule has 4 rings (SSSR count). The largest absolute Gasteiger partial charge is 0.422 e. The number of nitrogens with zero attached hydrogens (tertiary/aromatic N) is 2. The molecule has 4 nitrogen and oxygen atoms in total. The molecule has 24 heavy (non-hydrogen) atoms. The Morgan fingerprint density at radius 1 is 1.12 bits per heavy atom. The van der Waals surface area contributed by atoms with Crippen molar-refractivity contribution in [3.05, 3.63) is 64.0 Å². The van der Waals surface area contributed by atoms with Crippen LogP contribution in [0.5, 0.6) is 0 Å². The lowest BCUT2D eigenvalue weighted by atomic mass is 9.98. The molecule has 0 atom stereocenters. The van der Waals surface area contributed by atoms with E-state index < -0.39 is 0 Å². The van der Waals surface area contributed by atoms with Gasteiger partial charge < -0.3 is 9.32 Å². The summed E-state index contributed by atoms with van der Waals surface area (Å²) in [5, 5.41) is 9.85. The van der Waals surface area contributed by atoms with Gasteiger partial charge in [0.25, 0.3) is 0 Å². The Morgan fingerprint density at radius 3 is 2.50 bits per heavy atom. The van der Waals surface area contributed by atoms with Crippen molar-refractivity contribution >= 4 is 16.7 Å². The third-order valence-corrected chi connectivity index (χ3v) is 4.67. The predicted octanol–water partition coefficient (Wildman–Crippen LogP) is 3.85. The minimum atomic E-state index is -0.342. The van der Waals surface area contributed by atoms with E-state index in [9.17, 15) is 4.79 Å². The van der Waals surface area contributed by atoms with Crippen LogP contribution in [0.4, 0.5) is 5.69 Å². The molecular weight excluding hydrogens is 300 g/mol. The second kappa shape index (κ2) is 5.54. The van der Waals surface area contributed by atoms with Crippen LogP contribution in [0.1, 0.15) is 17.5 Å². The summed E-state index contributed by atoms with van der Waals surface area (Å²) in [4.78, 5) is 14.8. The summed E-state index contributed by atoms with van der Waals surface area (Å²) < 4.78 is 5.60. The van der Waals surface area contributed by atoms with Gasteiger partial charge in [-0.2, -0.15) is 5.26 Å². The average Bonchev–Trinajstić information content (AvgIpc) is 2.53. The van der Waals surface area contributed by atoms with Crippen LogP contribution in [-0.4, -0.2) is 13.1 Å². The summed E-state index contributed by atoms with van der Waals surface area (Å²) >= 11 is 0. The van der Waals surface area contributed by atoms with Gasteiger partial charge in [0.15, 0.2) is 0 Å². The van der Waals surface area contributed by atoms with Gasteiger partial charge in [-0.3, -0.25) is 0 Å². The van der Waals surface area contributed by atoms with Crippen LogP contribution in [0.2, 0.25) is 0 Å². The van der Waals surface area contributed by atoms with Gasteiger partial charge in [-0.1, -0.05) is 12.1 Å². The normalized spacial score (nSPS) is 13.6. The summed E-state index contributed by atoms with van der Waals surface area (Å²) in [6.45, 7) is 4.05. The highest BCUT2D eigenvalue weighted by Gasteiger charge is 2.17. The van der Waals surface area contributed by atoms with Crippen molar-refractivity contribution in [1.82, 2.24) is 0 Å². The minimum absolute atomic E-state index is 0.342. The van der Waals surface area contributed by atoms with Gasteiger partial charge in [-0.05, 0) is 48.7 Å². The molecule has 1 aliphatic rings. The lowest BCUT2D eigenvalue weighted by molar-refractivity contribution is 0.561. The smallest absolute Gasteiger partial charge is 0.344 e. The molecule has 3 aromatic rings. The molecule has 0 bridgehead atoms. The molecule has 1 saturated heterocycles. The maximum Gasteiger partial charge on any atom is 0.344 e. The van der Waals surface area contributed by atoms with Gasteiger partial charge in [0.05, 0.1) is 17.2 Å². The first-order valence-corrected chi connectivity index (χ1v) is 8.00. The Bertz CT molecular complexity index is 1020. The molecule has 0 amide bonds. The van der Waals surface area contributed by atoms with Gasteiger partial charge in [0, 0.05) is 30.2 Å². The SMILES string of the molecule is Cc1c(-c2ccc(C#N)cc2)c(=O)oc2cc(N3CCC3)ccc12. The predicted molar refractivity (Wildman–Crippen MR) is 94.2 cm³/mol. The van der Waals surface area contributed by atoms with Crippen LogP contribution >= 0.6 is 0 Å². The van der Waals surface area contributed by atoms with Crippen LogP contribution in [-0.2, 0) is 0 Å². The lowest BCUT2D eigenvalue weighted by Gasteiger charge is -2.33. The topological polar surface area (TPSA) is 57.2 Å². The number of rotatable bonds is 2. The Labute approximate surface area is 139 Å². The number of fused-ring (bicyclic) bond motifs is 1. The van der Waals surface area contributed by atoms with E-state index in [0.29, 0.717) is 16.7 Å². The Kier molecular flexibility index (Phi) is 3.35. The van der Waals surface area contributed by atoms with Crippen LogP contribution in [0.3, 0.4) is 0 Å². The van der Waals surface area contributed by atoms with Crippen molar-refractivity contribution in [1.29, 1.82) is 5.26 Å². The zero-order valence-electron chi connectivity index (χ0n) is 13.4. The molecule has 2 heterocycles. The summed E-state index contributed by atoms with van der Waals surface area (Å²) in [6, 6.07) is 15.1. The monoisotopic (exact) mass is 316 g/mol. The first-order valence-electron chi connectivity index (χ1n) is 8.00. The number of nitriles is 1. The van der Waals surface area contributed by atoms with E-state index in [-0.39, 0.29) is 5.63 Å². The van der Waals surface area contributed by atoms with E-state index in [1.54, 1.807) is 24.3 Å². The fourth-order valence-corrected chi connectivity index (χ4v) is 3.16. The van der Waals surface area contributed by atoms with E-state index >= 15 is 0 Å². The number of hydrogen-bond donors (Lipinski definition) is 0. The van der Waals surface area contributed by atoms with Crippen LogP contribution < -0.4 is 10.5 Å². The molecule has 0 saturated carbocycles. The summed E-state index contributed by atoms with van der Waals surface area (Å²) in [6.07, 6.45) is 1.21. The van der Waals surface area contributed by atoms with Crippen molar-refractivity contribution in [2.75, 3.05) is 18.0 Å². The van der Waals surface area contributed by atoms with Crippen molar-refractivity contribution in [2.45, 2.75) is 13.3 Å². The van der Waals surface area contributed by atoms with Gasteiger partial charge in [0.2, 0.25) is 0 Å². The maximum atomic E-state index is 12.5. The highest BCUT2D eigenvalue weighted by molar-refractivity contribution is 5.88. The molecule has 1 fully saturated rings. The van der Waals surface area contributed by atoms with Crippen molar-refractivity contribution in [3.63, 3.8) is 0 Å². The quantitative estimate of drug-likeness (QED) is 0.674. The van der Waals surface area contributed by atoms with Gasteiger partial charge in [0.1, 0.15) is 5.58 Å². The molecule has 4 heteroatoms. The third-order valence-electron chi connectivity index (χ3n) is 4.67. The molecule has 0 unspecified atom stereocenters. The Balaban J connectivity index is 1.87. The lowest BCUT2D eigenvalue weighted by Crippen LogP contribution is -2.36. The fraction of sp³-hybridized carbons (Fsp3) is 0.200. The third kappa shape index (κ3) is 2.26. The standard InChI is InChI=1S/C20H16N2O2/c1-13-17-8-7-16(22-9-2-10-22)11-18(17)24-20(23)19(13)15-5-3-14(12-21)4-6-15/h3-8,11H,2,9-10H2,1H3.